The molecule has 0 saturated heterocycles. The minimum absolute atomic E-state index is 0.0288. The van der Waals surface area contributed by atoms with Crippen LogP contribution in [-0.4, -0.2) is 23.0 Å². The smallest absolute Gasteiger partial charge is 0.279 e. The molecule has 3 rings (SSSR count). The fourth-order valence-corrected chi connectivity index (χ4v) is 2.47. The molecule has 0 aliphatic carbocycles. The van der Waals surface area contributed by atoms with Crippen molar-refractivity contribution >= 4 is 22.6 Å². The number of hydrogen-bond donors (Lipinski definition) is 3. The summed E-state index contributed by atoms with van der Waals surface area (Å²) in [5.74, 6) is -1.57. The molecule has 3 aromatic carbocycles. The van der Waals surface area contributed by atoms with Gasteiger partial charge < -0.3 is 9.84 Å². The van der Waals surface area contributed by atoms with E-state index in [1.807, 2.05) is 24.3 Å². The topological polar surface area (TPSA) is 87.7 Å². The fourth-order valence-electron chi connectivity index (χ4n) is 2.47. The quantitative estimate of drug-likeness (QED) is 0.618. The lowest BCUT2D eigenvalue weighted by atomic mass is 10.1. The van der Waals surface area contributed by atoms with Gasteiger partial charge in [-0.2, -0.15) is 0 Å². The van der Waals surface area contributed by atoms with Crippen LogP contribution in [0, 0.1) is 5.82 Å². The summed E-state index contributed by atoms with van der Waals surface area (Å²) in [7, 11) is 0. The number of benzene rings is 3. The maximum atomic E-state index is 12.9. The number of carbonyl (C=O) groups excluding carboxylic acids is 2. The van der Waals surface area contributed by atoms with Gasteiger partial charge in [-0.15, -0.1) is 0 Å². The third kappa shape index (κ3) is 4.33. The van der Waals surface area contributed by atoms with E-state index < -0.39 is 23.7 Å². The largest absolute Gasteiger partial charge is 0.507 e. The van der Waals surface area contributed by atoms with Crippen molar-refractivity contribution < 1.29 is 23.8 Å². The monoisotopic (exact) mass is 368 g/mol. The summed E-state index contributed by atoms with van der Waals surface area (Å²) in [4.78, 5) is 24.3. The van der Waals surface area contributed by atoms with Crippen LogP contribution in [0.1, 0.15) is 17.3 Å². The maximum absolute atomic E-state index is 12.9. The van der Waals surface area contributed by atoms with E-state index in [1.165, 1.54) is 43.3 Å². The van der Waals surface area contributed by atoms with Crippen molar-refractivity contribution in [2.24, 2.45) is 0 Å². The van der Waals surface area contributed by atoms with Crippen LogP contribution in [0.2, 0.25) is 0 Å². The predicted molar refractivity (Wildman–Crippen MR) is 97.7 cm³/mol. The first kappa shape index (κ1) is 18.2. The molecule has 3 N–H and O–H groups in total. The molecule has 0 fully saturated rings. The second kappa shape index (κ2) is 7.74. The molecule has 1 atom stereocenters. The zero-order chi connectivity index (χ0) is 19.4. The molecule has 138 valence electrons. The normalized spacial score (nSPS) is 11.6. The highest BCUT2D eigenvalue weighted by Crippen LogP contribution is 2.24. The summed E-state index contributed by atoms with van der Waals surface area (Å²) in [5.41, 5.74) is 4.51. The van der Waals surface area contributed by atoms with Crippen molar-refractivity contribution in [3.8, 4) is 11.5 Å². The lowest BCUT2D eigenvalue weighted by Gasteiger charge is -2.15. The number of hydrazine groups is 1. The summed E-state index contributed by atoms with van der Waals surface area (Å²) in [5, 5.41) is 11.6. The Morgan fingerprint density at radius 1 is 1.00 bits per heavy atom. The zero-order valence-electron chi connectivity index (χ0n) is 14.4. The summed E-state index contributed by atoms with van der Waals surface area (Å²) < 4.78 is 18.3. The van der Waals surface area contributed by atoms with Gasteiger partial charge in [-0.05, 0) is 54.1 Å². The number of rotatable bonds is 4. The molecule has 0 spiro atoms. The second-order valence-corrected chi connectivity index (χ2v) is 5.87. The summed E-state index contributed by atoms with van der Waals surface area (Å²) >= 11 is 0. The van der Waals surface area contributed by atoms with Gasteiger partial charge in [0.2, 0.25) is 0 Å². The molecule has 0 aliphatic heterocycles. The Kier molecular flexibility index (Phi) is 5.21. The Labute approximate surface area is 154 Å². The van der Waals surface area contributed by atoms with E-state index in [-0.39, 0.29) is 11.3 Å². The van der Waals surface area contributed by atoms with Gasteiger partial charge in [-0.1, -0.05) is 24.3 Å². The van der Waals surface area contributed by atoms with E-state index in [2.05, 4.69) is 10.9 Å². The first-order chi connectivity index (χ1) is 12.9. The van der Waals surface area contributed by atoms with Crippen LogP contribution in [0.5, 0.6) is 11.5 Å². The number of phenols is 1. The SMILES string of the molecule is CC(Oc1ccc(F)cc1)C(=O)NNC(=O)c1cc2ccccc2cc1O. The maximum Gasteiger partial charge on any atom is 0.279 e. The van der Waals surface area contributed by atoms with Crippen molar-refractivity contribution in [2.45, 2.75) is 13.0 Å². The third-order valence-corrected chi connectivity index (χ3v) is 3.90. The first-order valence-corrected chi connectivity index (χ1v) is 8.18. The Morgan fingerprint density at radius 3 is 2.30 bits per heavy atom. The Hall–Kier alpha value is -3.61. The van der Waals surface area contributed by atoms with Crippen molar-refractivity contribution in [3.63, 3.8) is 0 Å². The highest BCUT2D eigenvalue weighted by atomic mass is 19.1. The highest BCUT2D eigenvalue weighted by molar-refractivity contribution is 6.02. The molecular weight excluding hydrogens is 351 g/mol. The van der Waals surface area contributed by atoms with Crippen LogP contribution in [0.4, 0.5) is 4.39 Å². The number of halogens is 1. The van der Waals surface area contributed by atoms with E-state index >= 15 is 0 Å². The van der Waals surface area contributed by atoms with Crippen LogP contribution in [0.3, 0.4) is 0 Å². The van der Waals surface area contributed by atoms with Crippen LogP contribution in [-0.2, 0) is 4.79 Å². The molecule has 27 heavy (non-hydrogen) atoms. The minimum atomic E-state index is -0.930. The Bertz CT molecular complexity index is 989. The average molecular weight is 368 g/mol. The molecule has 0 radical (unpaired) electrons. The van der Waals surface area contributed by atoms with E-state index in [4.69, 9.17) is 4.74 Å². The molecule has 0 heterocycles. The number of aromatic hydroxyl groups is 1. The fraction of sp³-hybridized carbons (Fsp3) is 0.100. The third-order valence-electron chi connectivity index (χ3n) is 3.90. The zero-order valence-corrected chi connectivity index (χ0v) is 14.4. The van der Waals surface area contributed by atoms with Crippen LogP contribution in [0.15, 0.2) is 60.7 Å². The number of ether oxygens (including phenoxy) is 1. The van der Waals surface area contributed by atoms with E-state index in [9.17, 15) is 19.1 Å². The van der Waals surface area contributed by atoms with Crippen molar-refractivity contribution in [1.29, 1.82) is 0 Å². The predicted octanol–water partition coefficient (Wildman–Crippen LogP) is 2.91. The van der Waals surface area contributed by atoms with E-state index in [0.717, 1.165) is 10.8 Å². The molecule has 0 saturated carbocycles. The standard InChI is InChI=1S/C20H17FN2O4/c1-12(27-16-8-6-15(21)7-9-16)19(25)22-23-20(26)17-10-13-4-2-3-5-14(13)11-18(17)24/h2-12,24H,1H3,(H,22,25)(H,23,26). The number of carbonyl (C=O) groups is 2. The molecule has 0 aromatic heterocycles. The van der Waals surface area contributed by atoms with Gasteiger partial charge in [0.15, 0.2) is 6.10 Å². The lowest BCUT2D eigenvalue weighted by Crippen LogP contribution is -2.47. The Balaban J connectivity index is 1.62. The Morgan fingerprint density at radius 2 is 1.63 bits per heavy atom. The highest BCUT2D eigenvalue weighted by Gasteiger charge is 2.17. The molecule has 0 aliphatic rings. The number of amides is 2. The van der Waals surface area contributed by atoms with Gasteiger partial charge in [0.05, 0.1) is 5.56 Å². The van der Waals surface area contributed by atoms with Gasteiger partial charge in [-0.3, -0.25) is 20.4 Å². The number of hydrogen-bond acceptors (Lipinski definition) is 4. The molecule has 7 heteroatoms. The second-order valence-electron chi connectivity index (χ2n) is 5.87. The lowest BCUT2D eigenvalue weighted by molar-refractivity contribution is -0.128. The summed E-state index contributed by atoms with van der Waals surface area (Å²) in [6.07, 6.45) is -0.930. The number of fused-ring (bicyclic) bond motifs is 1. The molecule has 3 aromatic rings. The number of nitrogens with one attached hydrogen (secondary N) is 2. The molecule has 6 nitrogen and oxygen atoms in total. The van der Waals surface area contributed by atoms with Gasteiger partial charge in [-0.25, -0.2) is 4.39 Å². The molecule has 0 bridgehead atoms. The van der Waals surface area contributed by atoms with Gasteiger partial charge >= 0.3 is 0 Å². The van der Waals surface area contributed by atoms with Gasteiger partial charge in [0.1, 0.15) is 17.3 Å². The van der Waals surface area contributed by atoms with Crippen LogP contribution < -0.4 is 15.6 Å². The summed E-state index contributed by atoms with van der Waals surface area (Å²) in [6, 6.07) is 15.5. The minimum Gasteiger partial charge on any atom is -0.507 e. The first-order valence-electron chi connectivity index (χ1n) is 8.18. The number of phenolic OH excluding ortho intramolecular Hbond substituents is 1. The van der Waals surface area contributed by atoms with Crippen LogP contribution >= 0.6 is 0 Å². The van der Waals surface area contributed by atoms with Crippen LogP contribution in [0.25, 0.3) is 10.8 Å². The summed E-state index contributed by atoms with van der Waals surface area (Å²) in [6.45, 7) is 1.48. The average Bonchev–Trinajstić information content (AvgIpc) is 2.67. The van der Waals surface area contributed by atoms with Crippen molar-refractivity contribution in [2.75, 3.05) is 0 Å². The van der Waals surface area contributed by atoms with Crippen molar-refractivity contribution in [3.05, 3.63) is 72.0 Å². The van der Waals surface area contributed by atoms with Gasteiger partial charge in [0, 0.05) is 0 Å². The molecule has 1 unspecified atom stereocenters. The van der Waals surface area contributed by atoms with Gasteiger partial charge in [0.25, 0.3) is 11.8 Å². The molecule has 2 amide bonds. The molecular formula is C20H17FN2O4. The van der Waals surface area contributed by atoms with Crippen molar-refractivity contribution in [1.82, 2.24) is 10.9 Å². The van der Waals surface area contributed by atoms with E-state index in [0.29, 0.717) is 5.75 Å². The van der Waals surface area contributed by atoms with E-state index in [1.54, 1.807) is 0 Å².